The molecule has 1 aromatic heterocycles. The Morgan fingerprint density at radius 3 is 2.54 bits per heavy atom. The highest BCUT2D eigenvalue weighted by molar-refractivity contribution is 7.09. The zero-order valence-corrected chi connectivity index (χ0v) is 14.9. The maximum absolute atomic E-state index is 14.3. The van der Waals surface area contributed by atoms with Gasteiger partial charge in [-0.1, -0.05) is 12.1 Å². The molecule has 2 amide bonds. The largest absolute Gasteiger partial charge is 0.466 e. The van der Waals surface area contributed by atoms with E-state index < -0.39 is 35.2 Å². The van der Waals surface area contributed by atoms with Crippen LogP contribution in [0.4, 0.5) is 13.6 Å². The van der Waals surface area contributed by atoms with Crippen molar-refractivity contribution in [3.05, 3.63) is 69.1 Å². The summed E-state index contributed by atoms with van der Waals surface area (Å²) >= 11 is 1.46. The van der Waals surface area contributed by atoms with Gasteiger partial charge >= 0.3 is 12.0 Å². The quantitative estimate of drug-likeness (QED) is 0.825. The average molecular weight is 378 g/mol. The summed E-state index contributed by atoms with van der Waals surface area (Å²) in [5, 5.41) is 4.40. The van der Waals surface area contributed by atoms with Gasteiger partial charge in [0, 0.05) is 10.6 Å². The van der Waals surface area contributed by atoms with Crippen molar-refractivity contribution in [2.24, 2.45) is 0 Å². The number of urea groups is 1. The normalized spacial score (nSPS) is 17.3. The molecule has 1 aliphatic rings. The fraction of sp³-hybridized carbons (Fsp3) is 0.222. The highest BCUT2D eigenvalue weighted by Crippen LogP contribution is 2.34. The standard InChI is InChI=1S/C18H16F2N2O3S/c1-10-14(17(23)25-2)16(15-12(19)6-3-7-13(15)20)21-18(24)22(10)9-11-5-4-8-26-11/h3-8,16H,9H2,1-2H3,(H,21,24)/t16-/m1/s1. The van der Waals surface area contributed by atoms with Crippen LogP contribution in [0.1, 0.15) is 23.4 Å². The zero-order chi connectivity index (χ0) is 18.8. The summed E-state index contributed by atoms with van der Waals surface area (Å²) in [7, 11) is 1.18. The highest BCUT2D eigenvalue weighted by Gasteiger charge is 2.38. The minimum absolute atomic E-state index is 0.00680. The van der Waals surface area contributed by atoms with Crippen LogP contribution in [-0.4, -0.2) is 24.0 Å². The van der Waals surface area contributed by atoms with E-state index in [9.17, 15) is 18.4 Å². The number of rotatable bonds is 4. The predicted molar refractivity (Wildman–Crippen MR) is 92.2 cm³/mol. The number of allylic oxidation sites excluding steroid dienone is 1. The SMILES string of the molecule is COC(=O)C1=C(C)N(Cc2cccs2)C(=O)N[C@H]1c1c(F)cccc1F. The molecule has 136 valence electrons. The van der Waals surface area contributed by atoms with Crippen LogP contribution < -0.4 is 5.32 Å². The summed E-state index contributed by atoms with van der Waals surface area (Å²) in [6.45, 7) is 1.80. The maximum Gasteiger partial charge on any atom is 0.337 e. The van der Waals surface area contributed by atoms with E-state index in [4.69, 9.17) is 4.74 Å². The van der Waals surface area contributed by atoms with E-state index in [1.165, 1.54) is 29.4 Å². The number of amides is 2. The Morgan fingerprint density at radius 2 is 1.96 bits per heavy atom. The van der Waals surface area contributed by atoms with Gasteiger partial charge in [-0.2, -0.15) is 0 Å². The van der Waals surface area contributed by atoms with E-state index in [1.54, 1.807) is 6.92 Å². The summed E-state index contributed by atoms with van der Waals surface area (Å²) < 4.78 is 33.3. The van der Waals surface area contributed by atoms with E-state index in [-0.39, 0.29) is 12.1 Å². The van der Waals surface area contributed by atoms with Gasteiger partial charge in [0.1, 0.15) is 11.6 Å². The minimum atomic E-state index is -1.27. The van der Waals surface area contributed by atoms with Crippen molar-refractivity contribution in [2.45, 2.75) is 19.5 Å². The molecule has 3 rings (SSSR count). The molecule has 1 atom stereocenters. The van der Waals surface area contributed by atoms with Gasteiger partial charge in [0.2, 0.25) is 0 Å². The van der Waals surface area contributed by atoms with Crippen molar-refractivity contribution in [3.8, 4) is 0 Å². The van der Waals surface area contributed by atoms with Crippen molar-refractivity contribution < 1.29 is 23.1 Å². The average Bonchev–Trinajstić information content (AvgIpc) is 3.11. The molecule has 0 unspecified atom stereocenters. The van der Waals surface area contributed by atoms with E-state index in [1.807, 2.05) is 17.5 Å². The number of methoxy groups -OCH3 is 1. The van der Waals surface area contributed by atoms with Gasteiger partial charge in [-0.15, -0.1) is 11.3 Å². The van der Waals surface area contributed by atoms with Crippen molar-refractivity contribution in [1.29, 1.82) is 0 Å². The van der Waals surface area contributed by atoms with Crippen molar-refractivity contribution >= 4 is 23.3 Å². The molecule has 1 aliphatic heterocycles. The molecular weight excluding hydrogens is 362 g/mol. The number of carbonyl (C=O) groups excluding carboxylic acids is 2. The van der Waals surface area contributed by atoms with Crippen LogP contribution in [0.15, 0.2) is 47.0 Å². The Kier molecular flexibility index (Phi) is 5.03. The van der Waals surface area contributed by atoms with E-state index >= 15 is 0 Å². The summed E-state index contributed by atoms with van der Waals surface area (Å²) in [4.78, 5) is 27.2. The first-order chi connectivity index (χ1) is 12.4. The summed E-state index contributed by atoms with van der Waals surface area (Å²) in [6, 6.07) is 5.26. The second-order valence-corrected chi connectivity index (χ2v) is 6.71. The number of nitrogens with zero attached hydrogens (tertiary/aromatic N) is 1. The van der Waals surface area contributed by atoms with Gasteiger partial charge in [-0.3, -0.25) is 4.90 Å². The number of nitrogens with one attached hydrogen (secondary N) is 1. The topological polar surface area (TPSA) is 58.6 Å². The number of carbonyl (C=O) groups is 2. The molecule has 1 aromatic carbocycles. The van der Waals surface area contributed by atoms with Crippen LogP contribution in [0.3, 0.4) is 0 Å². The van der Waals surface area contributed by atoms with Gasteiger partial charge in [-0.05, 0) is 30.5 Å². The Labute approximate surface area is 152 Å². The third-order valence-corrected chi connectivity index (χ3v) is 5.05. The van der Waals surface area contributed by atoms with Crippen molar-refractivity contribution in [3.63, 3.8) is 0 Å². The van der Waals surface area contributed by atoms with Crippen LogP contribution in [0.2, 0.25) is 0 Å². The third kappa shape index (κ3) is 3.20. The third-order valence-electron chi connectivity index (χ3n) is 4.18. The van der Waals surface area contributed by atoms with Gasteiger partial charge in [0.05, 0.1) is 30.8 Å². The summed E-state index contributed by atoms with van der Waals surface area (Å²) in [5.74, 6) is -2.46. The number of hydrogen-bond acceptors (Lipinski definition) is 4. The van der Waals surface area contributed by atoms with Gasteiger partial charge in [0.15, 0.2) is 0 Å². The van der Waals surface area contributed by atoms with E-state index in [0.717, 1.165) is 17.0 Å². The first kappa shape index (κ1) is 18.1. The fourth-order valence-corrected chi connectivity index (χ4v) is 3.60. The lowest BCUT2D eigenvalue weighted by Crippen LogP contribution is -2.48. The second-order valence-electron chi connectivity index (χ2n) is 5.67. The number of ether oxygens (including phenoxy) is 1. The molecule has 0 saturated carbocycles. The highest BCUT2D eigenvalue weighted by atomic mass is 32.1. The lowest BCUT2D eigenvalue weighted by Gasteiger charge is -2.35. The fourth-order valence-electron chi connectivity index (χ4n) is 2.91. The molecule has 8 heteroatoms. The van der Waals surface area contributed by atoms with Gasteiger partial charge in [0.25, 0.3) is 0 Å². The number of benzene rings is 1. The van der Waals surface area contributed by atoms with Crippen LogP contribution in [0.5, 0.6) is 0 Å². The predicted octanol–water partition coefficient (Wildman–Crippen LogP) is 3.74. The Morgan fingerprint density at radius 1 is 1.27 bits per heavy atom. The maximum atomic E-state index is 14.3. The zero-order valence-electron chi connectivity index (χ0n) is 14.1. The molecule has 0 spiro atoms. The van der Waals surface area contributed by atoms with Gasteiger partial charge < -0.3 is 10.1 Å². The molecule has 0 fully saturated rings. The van der Waals surface area contributed by atoms with Gasteiger partial charge in [-0.25, -0.2) is 18.4 Å². The molecule has 0 aliphatic carbocycles. The Balaban J connectivity index is 2.10. The molecule has 0 bridgehead atoms. The molecule has 2 heterocycles. The van der Waals surface area contributed by atoms with E-state index in [2.05, 4.69) is 5.32 Å². The Hall–Kier alpha value is -2.74. The monoisotopic (exact) mass is 378 g/mol. The Bertz CT molecular complexity index is 860. The lowest BCUT2D eigenvalue weighted by atomic mass is 9.94. The van der Waals surface area contributed by atoms with Crippen LogP contribution in [0, 0.1) is 11.6 Å². The smallest absolute Gasteiger partial charge is 0.337 e. The number of thiophene rings is 1. The molecule has 5 nitrogen and oxygen atoms in total. The molecule has 0 saturated heterocycles. The van der Waals surface area contributed by atoms with E-state index in [0.29, 0.717) is 5.70 Å². The first-order valence-electron chi connectivity index (χ1n) is 7.77. The van der Waals surface area contributed by atoms with Crippen LogP contribution in [-0.2, 0) is 16.1 Å². The molecule has 2 aromatic rings. The first-order valence-corrected chi connectivity index (χ1v) is 8.65. The van der Waals surface area contributed by atoms with Crippen molar-refractivity contribution in [1.82, 2.24) is 10.2 Å². The summed E-state index contributed by atoms with van der Waals surface area (Å²) in [5.41, 5.74) is -0.106. The number of esters is 1. The van der Waals surface area contributed by atoms with Crippen molar-refractivity contribution in [2.75, 3.05) is 7.11 Å². The second kappa shape index (κ2) is 7.25. The minimum Gasteiger partial charge on any atom is -0.466 e. The number of halogens is 2. The van der Waals surface area contributed by atoms with Crippen LogP contribution >= 0.6 is 11.3 Å². The number of hydrogen-bond donors (Lipinski definition) is 1. The lowest BCUT2D eigenvalue weighted by molar-refractivity contribution is -0.136. The van der Waals surface area contributed by atoms with Crippen LogP contribution in [0.25, 0.3) is 0 Å². The molecular formula is C18H16F2N2O3S. The molecule has 1 N–H and O–H groups in total. The molecule has 0 radical (unpaired) electrons. The molecule has 26 heavy (non-hydrogen) atoms. The summed E-state index contributed by atoms with van der Waals surface area (Å²) in [6.07, 6.45) is 0.